The molecular formula is C9H17N5O. The summed E-state index contributed by atoms with van der Waals surface area (Å²) >= 11 is 0. The van der Waals surface area contributed by atoms with E-state index in [4.69, 9.17) is 5.73 Å². The molecule has 0 aliphatic rings. The fraction of sp³-hybridized carbons (Fsp3) is 0.556. The Morgan fingerprint density at radius 3 is 2.73 bits per heavy atom. The Morgan fingerprint density at radius 2 is 2.27 bits per heavy atom. The maximum atomic E-state index is 11.3. The molecule has 0 fully saturated rings. The molecule has 15 heavy (non-hydrogen) atoms. The number of rotatable bonds is 4. The molecule has 0 bridgehead atoms. The second kappa shape index (κ2) is 4.68. The van der Waals surface area contributed by atoms with Gasteiger partial charge in [-0.25, -0.2) is 4.98 Å². The van der Waals surface area contributed by atoms with E-state index in [1.807, 2.05) is 13.8 Å². The van der Waals surface area contributed by atoms with E-state index in [9.17, 15) is 4.79 Å². The Kier molecular flexibility index (Phi) is 3.54. The Labute approximate surface area is 88.7 Å². The lowest BCUT2D eigenvalue weighted by molar-refractivity contribution is -0.119. The van der Waals surface area contributed by atoms with Crippen molar-refractivity contribution < 1.29 is 4.79 Å². The minimum Gasteiger partial charge on any atom is -0.382 e. The van der Waals surface area contributed by atoms with E-state index in [2.05, 4.69) is 20.6 Å². The molecule has 6 nitrogen and oxygen atoms in total. The van der Waals surface area contributed by atoms with Crippen LogP contribution >= 0.6 is 0 Å². The highest BCUT2D eigenvalue weighted by Gasteiger charge is 2.07. The molecule has 1 amide bonds. The van der Waals surface area contributed by atoms with Crippen LogP contribution in [0, 0.1) is 6.92 Å². The van der Waals surface area contributed by atoms with Crippen molar-refractivity contribution in [2.45, 2.75) is 26.8 Å². The van der Waals surface area contributed by atoms with Gasteiger partial charge in [0.25, 0.3) is 0 Å². The van der Waals surface area contributed by atoms with Gasteiger partial charge in [0.2, 0.25) is 5.91 Å². The number of nitrogen functional groups attached to an aromatic ring is 1. The summed E-state index contributed by atoms with van der Waals surface area (Å²) in [6.07, 6.45) is 0. The van der Waals surface area contributed by atoms with Crippen molar-refractivity contribution >= 4 is 17.5 Å². The lowest BCUT2D eigenvalue weighted by Gasteiger charge is -2.08. The van der Waals surface area contributed by atoms with Crippen LogP contribution in [-0.2, 0) is 4.79 Å². The molecule has 0 aromatic carbocycles. The highest BCUT2D eigenvalue weighted by molar-refractivity contribution is 5.81. The van der Waals surface area contributed by atoms with Crippen molar-refractivity contribution in [3.63, 3.8) is 0 Å². The minimum atomic E-state index is -0.0787. The number of nitrogens with two attached hydrogens (primary N) is 1. The normalized spacial score (nSPS) is 10.4. The lowest BCUT2D eigenvalue weighted by atomic mass is 10.4. The number of carbonyl (C=O) groups is 1. The minimum absolute atomic E-state index is 0.0787. The van der Waals surface area contributed by atoms with E-state index in [0.717, 1.165) is 5.82 Å². The molecule has 0 unspecified atom stereocenters. The third-order valence-electron chi connectivity index (χ3n) is 1.72. The number of aromatic nitrogens is 2. The van der Waals surface area contributed by atoms with Gasteiger partial charge in [0.05, 0.1) is 6.54 Å². The van der Waals surface area contributed by atoms with Crippen LogP contribution in [0.3, 0.4) is 0 Å². The molecule has 1 rings (SSSR count). The van der Waals surface area contributed by atoms with Crippen LogP contribution in [-0.4, -0.2) is 28.5 Å². The number of nitrogens with one attached hydrogen (secondary N) is 3. The van der Waals surface area contributed by atoms with Crippen LogP contribution in [0.25, 0.3) is 0 Å². The first-order chi connectivity index (χ1) is 6.99. The number of nitrogens with zero attached hydrogens (tertiary/aromatic N) is 1. The highest BCUT2D eigenvalue weighted by Crippen LogP contribution is 2.12. The van der Waals surface area contributed by atoms with Gasteiger partial charge in [-0.1, -0.05) is 0 Å². The fourth-order valence-electron chi connectivity index (χ4n) is 1.18. The SMILES string of the molecule is Cc1nc(NCC(=O)NC(C)C)c(N)[nH]1. The molecule has 1 aromatic rings. The Bertz CT molecular complexity index is 344. The quantitative estimate of drug-likeness (QED) is 0.573. The van der Waals surface area contributed by atoms with Crippen LogP contribution in [0.5, 0.6) is 0 Å². The topological polar surface area (TPSA) is 95.8 Å². The summed E-state index contributed by atoms with van der Waals surface area (Å²) < 4.78 is 0. The summed E-state index contributed by atoms with van der Waals surface area (Å²) in [5.74, 6) is 1.61. The predicted octanol–water partition coefficient (Wildman–Crippen LogP) is 0.237. The molecule has 0 aliphatic carbocycles. The number of aryl methyl sites for hydroxylation is 1. The maximum Gasteiger partial charge on any atom is 0.239 e. The predicted molar refractivity (Wildman–Crippen MR) is 59.5 cm³/mol. The summed E-state index contributed by atoms with van der Waals surface area (Å²) in [7, 11) is 0. The first-order valence-corrected chi connectivity index (χ1v) is 4.84. The molecule has 0 saturated heterocycles. The summed E-state index contributed by atoms with van der Waals surface area (Å²) in [5.41, 5.74) is 5.62. The van der Waals surface area contributed by atoms with E-state index in [0.29, 0.717) is 11.6 Å². The van der Waals surface area contributed by atoms with E-state index < -0.39 is 0 Å². The van der Waals surface area contributed by atoms with Gasteiger partial charge in [-0.3, -0.25) is 4.79 Å². The molecular weight excluding hydrogens is 194 g/mol. The van der Waals surface area contributed by atoms with Gasteiger partial charge in [0.1, 0.15) is 11.6 Å². The smallest absolute Gasteiger partial charge is 0.239 e. The van der Waals surface area contributed by atoms with Crippen molar-refractivity contribution in [2.75, 3.05) is 17.6 Å². The van der Waals surface area contributed by atoms with Crippen LogP contribution < -0.4 is 16.4 Å². The number of H-pyrrole nitrogens is 1. The second-order valence-corrected chi connectivity index (χ2v) is 3.66. The molecule has 0 spiro atoms. The Hall–Kier alpha value is -1.72. The third-order valence-corrected chi connectivity index (χ3v) is 1.72. The van der Waals surface area contributed by atoms with E-state index in [-0.39, 0.29) is 18.5 Å². The van der Waals surface area contributed by atoms with Crippen molar-refractivity contribution in [1.82, 2.24) is 15.3 Å². The average Bonchev–Trinajstić information content (AvgIpc) is 2.40. The monoisotopic (exact) mass is 211 g/mol. The molecule has 6 heteroatoms. The molecule has 5 N–H and O–H groups in total. The van der Waals surface area contributed by atoms with Gasteiger partial charge in [-0.05, 0) is 20.8 Å². The lowest BCUT2D eigenvalue weighted by Crippen LogP contribution is -2.34. The van der Waals surface area contributed by atoms with Crippen LogP contribution in [0.1, 0.15) is 19.7 Å². The highest BCUT2D eigenvalue weighted by atomic mass is 16.1. The zero-order valence-electron chi connectivity index (χ0n) is 9.22. The van der Waals surface area contributed by atoms with Gasteiger partial charge < -0.3 is 21.4 Å². The first kappa shape index (κ1) is 11.4. The number of aromatic amines is 1. The van der Waals surface area contributed by atoms with Crippen molar-refractivity contribution in [1.29, 1.82) is 0 Å². The van der Waals surface area contributed by atoms with E-state index in [1.54, 1.807) is 6.92 Å². The van der Waals surface area contributed by atoms with Gasteiger partial charge in [-0.15, -0.1) is 0 Å². The van der Waals surface area contributed by atoms with E-state index in [1.165, 1.54) is 0 Å². The molecule has 84 valence electrons. The first-order valence-electron chi connectivity index (χ1n) is 4.84. The van der Waals surface area contributed by atoms with Gasteiger partial charge in [-0.2, -0.15) is 0 Å². The van der Waals surface area contributed by atoms with Crippen LogP contribution in [0.4, 0.5) is 11.6 Å². The second-order valence-electron chi connectivity index (χ2n) is 3.66. The standard InChI is InChI=1S/C9H17N5O/c1-5(2)12-7(15)4-11-9-8(10)13-6(3)14-9/h5,11H,4,10H2,1-3H3,(H,12,15)(H,13,14). The summed E-state index contributed by atoms with van der Waals surface area (Å²) in [4.78, 5) is 18.2. The van der Waals surface area contributed by atoms with Crippen LogP contribution in [0.2, 0.25) is 0 Å². The fourth-order valence-corrected chi connectivity index (χ4v) is 1.18. The van der Waals surface area contributed by atoms with Crippen molar-refractivity contribution in [2.24, 2.45) is 0 Å². The number of anilines is 2. The van der Waals surface area contributed by atoms with E-state index >= 15 is 0 Å². The Balaban J connectivity index is 2.43. The van der Waals surface area contributed by atoms with Gasteiger partial charge in [0, 0.05) is 6.04 Å². The third kappa shape index (κ3) is 3.49. The molecule has 1 heterocycles. The van der Waals surface area contributed by atoms with Gasteiger partial charge in [0.15, 0.2) is 5.82 Å². The number of amides is 1. The number of hydrogen-bond acceptors (Lipinski definition) is 4. The van der Waals surface area contributed by atoms with Crippen molar-refractivity contribution in [3.8, 4) is 0 Å². The van der Waals surface area contributed by atoms with Crippen molar-refractivity contribution in [3.05, 3.63) is 5.82 Å². The summed E-state index contributed by atoms with van der Waals surface area (Å²) in [6, 6.07) is 0.137. The zero-order chi connectivity index (χ0) is 11.4. The average molecular weight is 211 g/mol. The Morgan fingerprint density at radius 1 is 1.60 bits per heavy atom. The molecule has 0 aliphatic heterocycles. The maximum absolute atomic E-state index is 11.3. The molecule has 0 radical (unpaired) electrons. The summed E-state index contributed by atoms with van der Waals surface area (Å²) in [6.45, 7) is 5.79. The zero-order valence-corrected chi connectivity index (χ0v) is 9.22. The van der Waals surface area contributed by atoms with Gasteiger partial charge >= 0.3 is 0 Å². The molecule has 0 atom stereocenters. The number of carbonyl (C=O) groups excluding carboxylic acids is 1. The number of imidazole rings is 1. The number of hydrogen-bond donors (Lipinski definition) is 4. The molecule has 1 aromatic heterocycles. The summed E-state index contributed by atoms with van der Waals surface area (Å²) in [5, 5.41) is 5.62. The molecule has 0 saturated carbocycles. The largest absolute Gasteiger partial charge is 0.382 e. The van der Waals surface area contributed by atoms with Crippen LogP contribution in [0.15, 0.2) is 0 Å².